The Kier molecular flexibility index (Phi) is 6.45. The maximum absolute atomic E-state index is 12.9. The monoisotopic (exact) mass is 376 g/mol. The fourth-order valence-electron chi connectivity index (χ4n) is 3.79. The van der Waals surface area contributed by atoms with Crippen molar-refractivity contribution >= 4 is 21.9 Å². The SMILES string of the molecule is CCS(=O)(=O)N1CCCC(C(=O)N2CCCC(COC)(C(=O)O)C2)C1. The second-order valence-electron chi connectivity index (χ2n) is 6.98. The van der Waals surface area contributed by atoms with Crippen LogP contribution in [0.25, 0.3) is 0 Å². The van der Waals surface area contributed by atoms with Gasteiger partial charge in [-0.1, -0.05) is 0 Å². The van der Waals surface area contributed by atoms with Gasteiger partial charge in [-0.25, -0.2) is 12.7 Å². The summed E-state index contributed by atoms with van der Waals surface area (Å²) < 4.78 is 30.6. The van der Waals surface area contributed by atoms with E-state index in [1.807, 2.05) is 0 Å². The lowest BCUT2D eigenvalue weighted by atomic mass is 9.80. The highest BCUT2D eigenvalue weighted by Gasteiger charge is 2.45. The second kappa shape index (κ2) is 8.01. The van der Waals surface area contributed by atoms with Gasteiger partial charge in [-0.3, -0.25) is 9.59 Å². The summed E-state index contributed by atoms with van der Waals surface area (Å²) in [5, 5.41) is 9.60. The lowest BCUT2D eigenvalue weighted by Crippen LogP contribution is -2.55. The molecular formula is C16H28N2O6S. The minimum absolute atomic E-state index is 0.0214. The van der Waals surface area contributed by atoms with Crippen LogP contribution in [0.1, 0.15) is 32.6 Å². The molecule has 1 N–H and O–H groups in total. The van der Waals surface area contributed by atoms with E-state index in [0.717, 1.165) is 0 Å². The molecule has 0 aliphatic carbocycles. The molecule has 2 fully saturated rings. The lowest BCUT2D eigenvalue weighted by Gasteiger charge is -2.41. The van der Waals surface area contributed by atoms with Crippen molar-refractivity contribution in [2.24, 2.45) is 11.3 Å². The van der Waals surface area contributed by atoms with Crippen LogP contribution in [0.2, 0.25) is 0 Å². The van der Waals surface area contributed by atoms with Crippen molar-refractivity contribution in [1.29, 1.82) is 0 Å². The fraction of sp³-hybridized carbons (Fsp3) is 0.875. The molecular weight excluding hydrogens is 348 g/mol. The maximum Gasteiger partial charge on any atom is 0.313 e. The highest BCUT2D eigenvalue weighted by atomic mass is 32.2. The van der Waals surface area contributed by atoms with Gasteiger partial charge in [0.25, 0.3) is 0 Å². The van der Waals surface area contributed by atoms with Gasteiger partial charge < -0.3 is 14.7 Å². The number of aliphatic carboxylic acids is 1. The predicted octanol–water partition coefficient (Wildman–Crippen LogP) is 0.388. The first kappa shape index (κ1) is 20.1. The quantitative estimate of drug-likeness (QED) is 0.719. The van der Waals surface area contributed by atoms with Crippen molar-refractivity contribution in [3.8, 4) is 0 Å². The molecule has 2 rings (SSSR count). The van der Waals surface area contributed by atoms with Crippen molar-refractivity contribution in [3.05, 3.63) is 0 Å². The van der Waals surface area contributed by atoms with Gasteiger partial charge >= 0.3 is 5.97 Å². The van der Waals surface area contributed by atoms with E-state index >= 15 is 0 Å². The Labute approximate surface area is 149 Å². The number of carbonyl (C=O) groups excluding carboxylic acids is 1. The Morgan fingerprint density at radius 3 is 2.60 bits per heavy atom. The number of carboxylic acid groups (broad SMARTS) is 1. The molecule has 0 saturated carbocycles. The summed E-state index contributed by atoms with van der Waals surface area (Å²) in [4.78, 5) is 26.2. The number of hydrogen-bond donors (Lipinski definition) is 1. The van der Waals surface area contributed by atoms with E-state index in [4.69, 9.17) is 4.74 Å². The molecule has 2 atom stereocenters. The average molecular weight is 376 g/mol. The number of piperidine rings is 2. The van der Waals surface area contributed by atoms with E-state index in [2.05, 4.69) is 0 Å². The Bertz CT molecular complexity index is 604. The van der Waals surface area contributed by atoms with Crippen LogP contribution in [0.3, 0.4) is 0 Å². The first-order valence-electron chi connectivity index (χ1n) is 8.74. The van der Waals surface area contributed by atoms with Crippen LogP contribution >= 0.6 is 0 Å². The van der Waals surface area contributed by atoms with Gasteiger partial charge in [0.1, 0.15) is 5.41 Å². The molecule has 0 aromatic heterocycles. The zero-order chi connectivity index (χ0) is 18.7. The third-order valence-corrected chi connectivity index (χ3v) is 7.10. The third kappa shape index (κ3) is 4.32. The highest BCUT2D eigenvalue weighted by Crippen LogP contribution is 2.32. The number of amides is 1. The summed E-state index contributed by atoms with van der Waals surface area (Å²) in [6, 6.07) is 0. The molecule has 2 aliphatic heterocycles. The van der Waals surface area contributed by atoms with Gasteiger partial charge in [-0.15, -0.1) is 0 Å². The third-order valence-electron chi connectivity index (χ3n) is 5.25. The van der Waals surface area contributed by atoms with Crippen molar-refractivity contribution in [2.75, 3.05) is 45.6 Å². The molecule has 8 nitrogen and oxygen atoms in total. The summed E-state index contributed by atoms with van der Waals surface area (Å²) in [6.07, 6.45) is 2.35. The average Bonchev–Trinajstić information content (AvgIpc) is 2.61. The number of nitrogens with zero attached hydrogens (tertiary/aromatic N) is 2. The van der Waals surface area contributed by atoms with E-state index < -0.39 is 27.3 Å². The number of likely N-dealkylation sites (tertiary alicyclic amines) is 1. The first-order valence-corrected chi connectivity index (χ1v) is 10.4. The van der Waals surface area contributed by atoms with Crippen molar-refractivity contribution < 1.29 is 27.9 Å². The summed E-state index contributed by atoms with van der Waals surface area (Å²) in [7, 11) is -1.86. The number of ether oxygens (including phenoxy) is 1. The number of sulfonamides is 1. The number of methoxy groups -OCH3 is 1. The minimum atomic E-state index is -3.31. The summed E-state index contributed by atoms with van der Waals surface area (Å²) in [5.41, 5.74) is -1.08. The molecule has 9 heteroatoms. The van der Waals surface area contributed by atoms with Gasteiger partial charge in [0, 0.05) is 33.3 Å². The Hall–Kier alpha value is -1.19. The van der Waals surface area contributed by atoms with E-state index in [9.17, 15) is 23.1 Å². The van der Waals surface area contributed by atoms with Crippen LogP contribution in [0.4, 0.5) is 0 Å². The van der Waals surface area contributed by atoms with Crippen LogP contribution in [-0.2, 0) is 24.3 Å². The smallest absolute Gasteiger partial charge is 0.313 e. The van der Waals surface area contributed by atoms with Gasteiger partial charge in [-0.2, -0.15) is 0 Å². The molecule has 25 heavy (non-hydrogen) atoms. The minimum Gasteiger partial charge on any atom is -0.481 e. The summed E-state index contributed by atoms with van der Waals surface area (Å²) >= 11 is 0. The largest absolute Gasteiger partial charge is 0.481 e. The molecule has 0 spiro atoms. The lowest BCUT2D eigenvalue weighted by molar-refractivity contribution is -0.160. The van der Waals surface area contributed by atoms with Crippen molar-refractivity contribution in [3.63, 3.8) is 0 Å². The molecule has 2 saturated heterocycles. The van der Waals surface area contributed by atoms with Gasteiger partial charge in [0.2, 0.25) is 15.9 Å². The normalized spacial score (nSPS) is 28.7. The van der Waals surface area contributed by atoms with Crippen LogP contribution < -0.4 is 0 Å². The van der Waals surface area contributed by atoms with Crippen LogP contribution in [0, 0.1) is 11.3 Å². The second-order valence-corrected chi connectivity index (χ2v) is 9.24. The molecule has 144 valence electrons. The topological polar surface area (TPSA) is 104 Å². The van der Waals surface area contributed by atoms with Crippen LogP contribution in [-0.4, -0.2) is 80.3 Å². The fourth-order valence-corrected chi connectivity index (χ4v) is 4.97. The van der Waals surface area contributed by atoms with Crippen molar-refractivity contribution in [2.45, 2.75) is 32.6 Å². The Balaban J connectivity index is 2.10. The summed E-state index contributed by atoms with van der Waals surface area (Å²) in [5.74, 6) is -1.47. The maximum atomic E-state index is 12.9. The zero-order valence-electron chi connectivity index (χ0n) is 14.9. The van der Waals surface area contributed by atoms with Gasteiger partial charge in [0.15, 0.2) is 0 Å². The van der Waals surface area contributed by atoms with Crippen molar-refractivity contribution in [1.82, 2.24) is 9.21 Å². The predicted molar refractivity (Wildman–Crippen MR) is 91.5 cm³/mol. The highest BCUT2D eigenvalue weighted by molar-refractivity contribution is 7.89. The first-order chi connectivity index (χ1) is 11.8. The Morgan fingerprint density at radius 1 is 1.28 bits per heavy atom. The Morgan fingerprint density at radius 2 is 2.00 bits per heavy atom. The molecule has 2 aliphatic rings. The number of hydrogen-bond acceptors (Lipinski definition) is 5. The number of rotatable bonds is 6. The zero-order valence-corrected chi connectivity index (χ0v) is 15.8. The standard InChI is InChI=1S/C16H28N2O6S/c1-3-25(22,23)18-9-4-6-13(10-18)14(19)17-8-5-7-16(11-17,12-24-2)15(20)21/h13H,3-12H2,1-2H3,(H,20,21). The number of carboxylic acids is 1. The number of carbonyl (C=O) groups is 2. The molecule has 0 aromatic carbocycles. The molecule has 2 heterocycles. The van der Waals surface area contributed by atoms with Crippen LogP contribution in [0.15, 0.2) is 0 Å². The molecule has 1 amide bonds. The van der Waals surface area contributed by atoms with E-state index in [1.165, 1.54) is 11.4 Å². The van der Waals surface area contributed by atoms with Gasteiger partial charge in [0.05, 0.1) is 18.3 Å². The van der Waals surface area contributed by atoms with E-state index in [0.29, 0.717) is 38.8 Å². The molecule has 2 unspecified atom stereocenters. The van der Waals surface area contributed by atoms with E-state index in [-0.39, 0.29) is 31.4 Å². The molecule has 0 radical (unpaired) electrons. The van der Waals surface area contributed by atoms with E-state index in [1.54, 1.807) is 11.8 Å². The molecule has 0 bridgehead atoms. The van der Waals surface area contributed by atoms with Crippen LogP contribution in [0.5, 0.6) is 0 Å². The summed E-state index contributed by atoms with van der Waals surface area (Å²) in [6.45, 7) is 2.92. The van der Waals surface area contributed by atoms with Gasteiger partial charge in [-0.05, 0) is 32.6 Å². The molecule has 0 aromatic rings.